The average molecular weight is 525 g/mol. The summed E-state index contributed by atoms with van der Waals surface area (Å²) >= 11 is 2.28. The first-order valence-electron chi connectivity index (χ1n) is 9.72. The molecule has 0 aliphatic carbocycles. The van der Waals surface area contributed by atoms with Crippen molar-refractivity contribution in [3.8, 4) is 11.5 Å². The van der Waals surface area contributed by atoms with Crippen molar-refractivity contribution in [2.45, 2.75) is 27.9 Å². The zero-order valence-electron chi connectivity index (χ0n) is 16.6. The van der Waals surface area contributed by atoms with Crippen LogP contribution in [0.25, 0.3) is 0 Å². The topological polar surface area (TPSA) is 18.5 Å². The van der Waals surface area contributed by atoms with Crippen molar-refractivity contribution in [2.75, 3.05) is 0 Å². The molecular weight excluding hydrogens is 503 g/mol. The van der Waals surface area contributed by atoms with Gasteiger partial charge in [-0.1, -0.05) is 48.5 Å². The Hall–Kier alpha value is -2.44. The van der Waals surface area contributed by atoms with E-state index in [4.69, 9.17) is 9.47 Å². The largest absolute Gasteiger partial charge is 0.455 e. The first-order valence-corrected chi connectivity index (χ1v) is 12.0. The molecule has 0 bridgehead atoms. The van der Waals surface area contributed by atoms with Crippen LogP contribution in [0.5, 0.6) is 11.5 Å². The fraction of sp³-hybridized carbons (Fsp3) is 0.0769. The molecule has 2 nitrogen and oxygen atoms in total. The SMILES string of the molecule is CC(Oc1cccc(I)c1)Oc1cccc([S+](c2ccccc2)c2ccccc2)c1. The molecule has 4 rings (SSSR count). The van der Waals surface area contributed by atoms with Gasteiger partial charge >= 0.3 is 0 Å². The highest BCUT2D eigenvalue weighted by molar-refractivity contribution is 14.1. The van der Waals surface area contributed by atoms with Crippen molar-refractivity contribution in [1.82, 2.24) is 0 Å². The van der Waals surface area contributed by atoms with Crippen LogP contribution in [0.1, 0.15) is 6.92 Å². The van der Waals surface area contributed by atoms with Gasteiger partial charge in [-0.15, -0.1) is 0 Å². The maximum atomic E-state index is 6.10. The summed E-state index contributed by atoms with van der Waals surface area (Å²) in [7, 11) is -0.203. The van der Waals surface area contributed by atoms with E-state index in [9.17, 15) is 0 Å². The normalized spacial score (nSPS) is 11.8. The van der Waals surface area contributed by atoms with Crippen molar-refractivity contribution in [1.29, 1.82) is 0 Å². The molecule has 0 N–H and O–H groups in total. The van der Waals surface area contributed by atoms with Crippen molar-refractivity contribution < 1.29 is 9.47 Å². The van der Waals surface area contributed by atoms with Crippen LogP contribution in [0, 0.1) is 3.57 Å². The van der Waals surface area contributed by atoms with Crippen molar-refractivity contribution in [2.24, 2.45) is 0 Å². The molecule has 0 spiro atoms. The second kappa shape index (κ2) is 10.0. The van der Waals surface area contributed by atoms with E-state index >= 15 is 0 Å². The molecule has 0 heterocycles. The third kappa shape index (κ3) is 5.37. The van der Waals surface area contributed by atoms with Gasteiger partial charge in [0.1, 0.15) is 11.5 Å². The van der Waals surface area contributed by atoms with Crippen LogP contribution in [-0.4, -0.2) is 6.29 Å². The maximum absolute atomic E-state index is 6.10. The highest BCUT2D eigenvalue weighted by atomic mass is 127. The summed E-state index contributed by atoms with van der Waals surface area (Å²) < 4.78 is 13.2. The van der Waals surface area contributed by atoms with E-state index in [1.807, 2.05) is 37.3 Å². The summed E-state index contributed by atoms with van der Waals surface area (Å²) in [5.74, 6) is 1.61. The van der Waals surface area contributed by atoms with Gasteiger partial charge in [0.25, 0.3) is 0 Å². The van der Waals surface area contributed by atoms with Crippen LogP contribution in [0.2, 0.25) is 0 Å². The Labute approximate surface area is 194 Å². The van der Waals surface area contributed by atoms with Gasteiger partial charge < -0.3 is 9.47 Å². The lowest BCUT2D eigenvalue weighted by molar-refractivity contribution is 0.0221. The van der Waals surface area contributed by atoms with Crippen LogP contribution in [0.3, 0.4) is 0 Å². The monoisotopic (exact) mass is 525 g/mol. The lowest BCUT2D eigenvalue weighted by atomic mass is 10.3. The van der Waals surface area contributed by atoms with Gasteiger partial charge in [0.05, 0.1) is 10.9 Å². The fourth-order valence-corrected chi connectivity index (χ4v) is 5.78. The first-order chi connectivity index (χ1) is 14.7. The Morgan fingerprint density at radius 1 is 0.600 bits per heavy atom. The molecular formula is C26H22IO2S+. The minimum Gasteiger partial charge on any atom is -0.455 e. The van der Waals surface area contributed by atoms with Gasteiger partial charge in [-0.25, -0.2) is 0 Å². The third-order valence-corrected chi connectivity index (χ3v) is 7.28. The molecule has 0 amide bonds. The summed E-state index contributed by atoms with van der Waals surface area (Å²) in [6, 6.07) is 37.5. The molecule has 150 valence electrons. The first kappa shape index (κ1) is 20.8. The van der Waals surface area contributed by atoms with E-state index in [-0.39, 0.29) is 10.9 Å². The summed E-state index contributed by atoms with van der Waals surface area (Å²) in [6.45, 7) is 1.92. The molecule has 4 aromatic carbocycles. The molecule has 0 saturated carbocycles. The highest BCUT2D eigenvalue weighted by Crippen LogP contribution is 2.33. The van der Waals surface area contributed by atoms with E-state index < -0.39 is 6.29 Å². The molecule has 0 aliphatic rings. The molecule has 4 heteroatoms. The summed E-state index contributed by atoms with van der Waals surface area (Å²) in [6.07, 6.45) is -0.395. The van der Waals surface area contributed by atoms with Gasteiger partial charge in [-0.05, 0) is 77.2 Å². The molecule has 0 radical (unpaired) electrons. The number of benzene rings is 4. The average Bonchev–Trinajstić information content (AvgIpc) is 2.76. The van der Waals surface area contributed by atoms with Crippen LogP contribution in [-0.2, 0) is 10.9 Å². The van der Waals surface area contributed by atoms with Crippen molar-refractivity contribution in [3.05, 3.63) is 113 Å². The van der Waals surface area contributed by atoms with E-state index in [1.165, 1.54) is 14.7 Å². The second-order valence-electron chi connectivity index (χ2n) is 6.67. The maximum Gasteiger partial charge on any atom is 0.238 e. The number of hydrogen-bond acceptors (Lipinski definition) is 2. The van der Waals surface area contributed by atoms with Crippen LogP contribution >= 0.6 is 22.6 Å². The van der Waals surface area contributed by atoms with Crippen molar-refractivity contribution >= 4 is 33.5 Å². The number of ether oxygens (including phenoxy) is 2. The van der Waals surface area contributed by atoms with E-state index in [2.05, 4.69) is 101 Å². The smallest absolute Gasteiger partial charge is 0.238 e. The van der Waals surface area contributed by atoms with E-state index in [0.717, 1.165) is 15.1 Å². The predicted octanol–water partition coefficient (Wildman–Crippen LogP) is 7.19. The summed E-state index contributed by atoms with van der Waals surface area (Å²) in [5.41, 5.74) is 0. The van der Waals surface area contributed by atoms with Gasteiger partial charge in [0.15, 0.2) is 14.7 Å². The van der Waals surface area contributed by atoms with E-state index in [1.54, 1.807) is 0 Å². The van der Waals surface area contributed by atoms with Crippen LogP contribution < -0.4 is 9.47 Å². The van der Waals surface area contributed by atoms with Gasteiger partial charge in [0, 0.05) is 16.6 Å². The number of hydrogen-bond donors (Lipinski definition) is 0. The van der Waals surface area contributed by atoms with Gasteiger partial charge in [-0.3, -0.25) is 0 Å². The minimum absolute atomic E-state index is 0.203. The molecule has 1 unspecified atom stereocenters. The zero-order chi connectivity index (χ0) is 20.8. The fourth-order valence-electron chi connectivity index (χ4n) is 3.14. The van der Waals surface area contributed by atoms with Gasteiger partial charge in [0.2, 0.25) is 6.29 Å². The predicted molar refractivity (Wildman–Crippen MR) is 131 cm³/mol. The number of halogens is 1. The quantitative estimate of drug-likeness (QED) is 0.145. The Balaban J connectivity index is 1.59. The van der Waals surface area contributed by atoms with E-state index in [0.29, 0.717) is 0 Å². The lowest BCUT2D eigenvalue weighted by Gasteiger charge is -2.17. The second-order valence-corrected chi connectivity index (χ2v) is 9.94. The van der Waals surface area contributed by atoms with Crippen LogP contribution in [0.15, 0.2) is 124 Å². The zero-order valence-corrected chi connectivity index (χ0v) is 19.5. The standard InChI is InChI=1S/C26H22IO2S/c1-20(28-22-11-8-10-21(27)18-22)29-23-12-9-17-26(19-23)30(24-13-4-2-5-14-24)25-15-6-3-7-16-25/h2-20H,1H3/q+1. The Morgan fingerprint density at radius 2 is 1.10 bits per heavy atom. The molecule has 30 heavy (non-hydrogen) atoms. The molecule has 0 aromatic heterocycles. The van der Waals surface area contributed by atoms with Crippen molar-refractivity contribution in [3.63, 3.8) is 0 Å². The molecule has 0 aliphatic heterocycles. The van der Waals surface area contributed by atoms with Gasteiger partial charge in [-0.2, -0.15) is 0 Å². The molecule has 1 atom stereocenters. The Morgan fingerprint density at radius 3 is 1.67 bits per heavy atom. The highest BCUT2D eigenvalue weighted by Gasteiger charge is 2.28. The molecule has 4 aromatic rings. The van der Waals surface area contributed by atoms with Crippen LogP contribution in [0.4, 0.5) is 0 Å². The molecule has 0 fully saturated rings. The summed E-state index contributed by atoms with van der Waals surface area (Å²) in [4.78, 5) is 3.78. The Kier molecular flexibility index (Phi) is 6.97. The summed E-state index contributed by atoms with van der Waals surface area (Å²) in [5, 5.41) is 0. The number of rotatable bonds is 7. The molecule has 0 saturated heterocycles. The minimum atomic E-state index is -0.395. The lowest BCUT2D eigenvalue weighted by Crippen LogP contribution is -2.19. The Bertz CT molecular complexity index is 1050. The third-order valence-electron chi connectivity index (χ3n) is 4.40.